The van der Waals surface area contributed by atoms with Gasteiger partial charge in [-0.1, -0.05) is 19.1 Å². The van der Waals surface area contributed by atoms with Gasteiger partial charge in [0, 0.05) is 32.4 Å². The maximum atomic E-state index is 11.5. The summed E-state index contributed by atoms with van der Waals surface area (Å²) in [4.78, 5) is 18.2. The molecular formula is C19H30N4O2. The van der Waals surface area contributed by atoms with E-state index in [0.717, 1.165) is 13.1 Å². The third-order valence-corrected chi connectivity index (χ3v) is 4.60. The summed E-state index contributed by atoms with van der Waals surface area (Å²) in [5.41, 5.74) is 2.50. The molecular weight excluding hydrogens is 316 g/mol. The largest absolute Gasteiger partial charge is 0.469 e. The number of nitrogens with zero attached hydrogens (tertiary/aromatic N) is 2. The minimum Gasteiger partial charge on any atom is -0.469 e. The van der Waals surface area contributed by atoms with Crippen molar-refractivity contribution in [2.75, 3.05) is 38.7 Å². The van der Waals surface area contributed by atoms with E-state index in [1.54, 1.807) is 7.05 Å². The van der Waals surface area contributed by atoms with E-state index in [9.17, 15) is 4.79 Å². The van der Waals surface area contributed by atoms with E-state index in [0.29, 0.717) is 12.5 Å². The van der Waals surface area contributed by atoms with E-state index in [1.165, 1.54) is 31.2 Å². The Morgan fingerprint density at radius 1 is 1.32 bits per heavy atom. The van der Waals surface area contributed by atoms with Crippen molar-refractivity contribution in [3.8, 4) is 0 Å². The van der Waals surface area contributed by atoms with Crippen LogP contribution in [-0.2, 0) is 9.53 Å². The molecule has 2 unspecified atom stereocenters. The number of aliphatic imine (C=N–C) groups is 1. The molecule has 138 valence electrons. The first-order chi connectivity index (χ1) is 12.0. The highest BCUT2D eigenvalue weighted by Crippen LogP contribution is 2.23. The molecule has 0 aromatic heterocycles. The molecule has 1 aliphatic rings. The lowest BCUT2D eigenvalue weighted by Crippen LogP contribution is -2.41. The normalized spacial score (nSPS) is 17.1. The molecule has 6 nitrogen and oxygen atoms in total. The van der Waals surface area contributed by atoms with Crippen LogP contribution in [0.25, 0.3) is 0 Å². The second-order valence-corrected chi connectivity index (χ2v) is 6.53. The Kier molecular flexibility index (Phi) is 7.10. The minimum absolute atomic E-state index is 0.113. The Morgan fingerprint density at radius 2 is 2.04 bits per heavy atom. The molecule has 1 saturated heterocycles. The van der Waals surface area contributed by atoms with Crippen LogP contribution in [0.1, 0.15) is 38.3 Å². The topological polar surface area (TPSA) is 66.0 Å². The lowest BCUT2D eigenvalue weighted by molar-refractivity contribution is -0.144. The average Bonchev–Trinajstić information content (AvgIpc) is 3.18. The van der Waals surface area contributed by atoms with E-state index >= 15 is 0 Å². The van der Waals surface area contributed by atoms with Crippen molar-refractivity contribution in [2.45, 2.75) is 32.7 Å². The van der Waals surface area contributed by atoms with Crippen LogP contribution in [0.3, 0.4) is 0 Å². The Morgan fingerprint density at radius 3 is 2.68 bits per heavy atom. The number of hydrogen-bond donors (Lipinski definition) is 2. The van der Waals surface area contributed by atoms with Crippen LogP contribution >= 0.6 is 0 Å². The van der Waals surface area contributed by atoms with Gasteiger partial charge in [-0.15, -0.1) is 0 Å². The number of hydrogen-bond acceptors (Lipinski definition) is 4. The summed E-state index contributed by atoms with van der Waals surface area (Å²) in [6, 6.07) is 8.76. The Hall–Kier alpha value is -2.24. The summed E-state index contributed by atoms with van der Waals surface area (Å²) >= 11 is 0. The van der Waals surface area contributed by atoms with Crippen LogP contribution in [-0.4, -0.2) is 45.7 Å². The first-order valence-electron chi connectivity index (χ1n) is 8.95. The van der Waals surface area contributed by atoms with E-state index in [1.807, 2.05) is 6.92 Å². The SMILES string of the molecule is CN=C(NCC(C)C(=O)OC)NC(C)c1cccc(N2CCCC2)c1. The standard InChI is InChI=1S/C19H30N4O2/c1-14(18(24)25-4)13-21-19(20-3)22-15(2)16-8-7-9-17(12-16)23-10-5-6-11-23/h7-9,12,14-15H,5-6,10-11,13H2,1-4H3,(H2,20,21,22). The summed E-state index contributed by atoms with van der Waals surface area (Å²) in [6.45, 7) is 6.70. The zero-order valence-corrected chi connectivity index (χ0v) is 15.7. The first-order valence-corrected chi connectivity index (χ1v) is 8.95. The number of esters is 1. The van der Waals surface area contributed by atoms with E-state index in [2.05, 4.69) is 51.7 Å². The van der Waals surface area contributed by atoms with Crippen LogP contribution < -0.4 is 15.5 Å². The molecule has 0 bridgehead atoms. The van der Waals surface area contributed by atoms with Gasteiger partial charge in [0.2, 0.25) is 0 Å². The molecule has 0 radical (unpaired) electrons. The van der Waals surface area contributed by atoms with Crippen molar-refractivity contribution in [3.05, 3.63) is 29.8 Å². The molecule has 0 spiro atoms. The highest BCUT2D eigenvalue weighted by Gasteiger charge is 2.16. The van der Waals surface area contributed by atoms with Gasteiger partial charge in [0.05, 0.1) is 19.1 Å². The van der Waals surface area contributed by atoms with Crippen molar-refractivity contribution in [2.24, 2.45) is 10.9 Å². The van der Waals surface area contributed by atoms with Crippen LogP contribution in [0, 0.1) is 5.92 Å². The zero-order valence-electron chi connectivity index (χ0n) is 15.7. The van der Waals surface area contributed by atoms with Gasteiger partial charge in [0.25, 0.3) is 0 Å². The maximum Gasteiger partial charge on any atom is 0.310 e. The molecule has 2 atom stereocenters. The highest BCUT2D eigenvalue weighted by molar-refractivity contribution is 5.81. The first kappa shape index (κ1) is 19.1. The monoisotopic (exact) mass is 346 g/mol. The highest BCUT2D eigenvalue weighted by atomic mass is 16.5. The van der Waals surface area contributed by atoms with Gasteiger partial charge in [0.15, 0.2) is 5.96 Å². The predicted octanol–water partition coefficient (Wildman–Crippen LogP) is 2.32. The third kappa shape index (κ3) is 5.37. The summed E-state index contributed by atoms with van der Waals surface area (Å²) in [7, 11) is 3.13. The van der Waals surface area contributed by atoms with Gasteiger partial charge >= 0.3 is 5.97 Å². The molecule has 1 fully saturated rings. The molecule has 2 rings (SSSR count). The van der Waals surface area contributed by atoms with Gasteiger partial charge in [-0.05, 0) is 37.5 Å². The molecule has 25 heavy (non-hydrogen) atoms. The summed E-state index contributed by atoms with van der Waals surface area (Å²) in [5, 5.41) is 6.56. The molecule has 1 aromatic rings. The molecule has 1 heterocycles. The number of carbonyl (C=O) groups excluding carboxylic acids is 1. The number of ether oxygens (including phenoxy) is 1. The molecule has 2 N–H and O–H groups in total. The maximum absolute atomic E-state index is 11.5. The van der Waals surface area contributed by atoms with Gasteiger partial charge < -0.3 is 20.3 Å². The lowest BCUT2D eigenvalue weighted by atomic mass is 10.1. The van der Waals surface area contributed by atoms with Crippen molar-refractivity contribution in [1.29, 1.82) is 0 Å². The van der Waals surface area contributed by atoms with E-state index in [4.69, 9.17) is 4.74 Å². The second-order valence-electron chi connectivity index (χ2n) is 6.53. The van der Waals surface area contributed by atoms with Gasteiger partial charge in [-0.3, -0.25) is 9.79 Å². The number of nitrogens with one attached hydrogen (secondary N) is 2. The fraction of sp³-hybridized carbons (Fsp3) is 0.579. The fourth-order valence-electron chi connectivity index (χ4n) is 2.98. The Balaban J connectivity index is 1.94. The average molecular weight is 346 g/mol. The van der Waals surface area contributed by atoms with Gasteiger partial charge in [-0.2, -0.15) is 0 Å². The van der Waals surface area contributed by atoms with Crippen LogP contribution in [0.5, 0.6) is 0 Å². The number of rotatable bonds is 6. The third-order valence-electron chi connectivity index (χ3n) is 4.60. The minimum atomic E-state index is -0.227. The van der Waals surface area contributed by atoms with Crippen molar-refractivity contribution < 1.29 is 9.53 Å². The van der Waals surface area contributed by atoms with Crippen molar-refractivity contribution >= 4 is 17.6 Å². The number of anilines is 1. The second kappa shape index (κ2) is 9.30. The van der Waals surface area contributed by atoms with Crippen molar-refractivity contribution in [1.82, 2.24) is 10.6 Å². The van der Waals surface area contributed by atoms with Crippen LogP contribution in [0.15, 0.2) is 29.3 Å². The molecule has 6 heteroatoms. The van der Waals surface area contributed by atoms with Gasteiger partial charge in [0.1, 0.15) is 0 Å². The molecule has 0 amide bonds. The lowest BCUT2D eigenvalue weighted by Gasteiger charge is -2.22. The van der Waals surface area contributed by atoms with E-state index < -0.39 is 0 Å². The zero-order chi connectivity index (χ0) is 18.2. The molecule has 1 aliphatic heterocycles. The quantitative estimate of drug-likeness (QED) is 0.470. The van der Waals surface area contributed by atoms with Crippen molar-refractivity contribution in [3.63, 3.8) is 0 Å². The fourth-order valence-corrected chi connectivity index (χ4v) is 2.98. The number of guanidine groups is 1. The van der Waals surface area contributed by atoms with Crippen LogP contribution in [0.4, 0.5) is 5.69 Å². The summed E-state index contributed by atoms with van der Waals surface area (Å²) < 4.78 is 4.75. The molecule has 0 aliphatic carbocycles. The predicted molar refractivity (Wildman–Crippen MR) is 102 cm³/mol. The molecule has 0 saturated carbocycles. The van der Waals surface area contributed by atoms with E-state index in [-0.39, 0.29) is 17.9 Å². The summed E-state index contributed by atoms with van der Waals surface area (Å²) in [6.07, 6.45) is 2.54. The van der Waals surface area contributed by atoms with Crippen LogP contribution in [0.2, 0.25) is 0 Å². The Bertz CT molecular complexity index is 597. The molecule has 1 aromatic carbocycles. The summed E-state index contributed by atoms with van der Waals surface area (Å²) in [5.74, 6) is 0.224. The number of benzene rings is 1. The number of methoxy groups -OCH3 is 1. The Labute approximate surface area is 150 Å². The van der Waals surface area contributed by atoms with Gasteiger partial charge in [-0.25, -0.2) is 0 Å². The number of carbonyl (C=O) groups is 1. The smallest absolute Gasteiger partial charge is 0.310 e.